The van der Waals surface area contributed by atoms with E-state index in [-0.39, 0.29) is 5.91 Å². The monoisotopic (exact) mass is 392 g/mol. The van der Waals surface area contributed by atoms with Crippen molar-refractivity contribution in [1.29, 1.82) is 0 Å². The normalized spacial score (nSPS) is 10.4. The smallest absolute Gasteiger partial charge is 0.230 e. The number of benzene rings is 1. The lowest BCUT2D eigenvalue weighted by molar-refractivity contribution is -0.118. The fourth-order valence-corrected chi connectivity index (χ4v) is 4.20. The average molecular weight is 393 g/mol. The maximum absolute atomic E-state index is 11.9. The molecule has 0 unspecified atom stereocenters. The van der Waals surface area contributed by atoms with E-state index < -0.39 is 0 Å². The minimum absolute atomic E-state index is 0.0205. The highest BCUT2D eigenvalue weighted by molar-refractivity contribution is 8.01. The first-order valence-corrected chi connectivity index (χ1v) is 10.1. The summed E-state index contributed by atoms with van der Waals surface area (Å²) in [6, 6.07) is 11.6. The lowest BCUT2D eigenvalue weighted by atomic mass is 10.3. The van der Waals surface area contributed by atoms with Gasteiger partial charge in [-0.25, -0.2) is 0 Å². The number of carbonyl (C=O) groups excluding carboxylic acids is 1. The summed E-state index contributed by atoms with van der Waals surface area (Å²) in [7, 11) is 1.62. The van der Waals surface area contributed by atoms with Crippen molar-refractivity contribution in [2.75, 3.05) is 18.2 Å². The summed E-state index contributed by atoms with van der Waals surface area (Å²) >= 11 is 4.40. The average Bonchev–Trinajstić information content (AvgIpc) is 3.30. The van der Waals surface area contributed by atoms with Gasteiger partial charge in [-0.05, 0) is 23.6 Å². The van der Waals surface area contributed by atoms with Crippen molar-refractivity contribution in [3.8, 4) is 5.75 Å². The quantitative estimate of drug-likeness (QED) is 0.569. The molecule has 0 aliphatic rings. The van der Waals surface area contributed by atoms with Gasteiger partial charge in [0, 0.05) is 4.88 Å². The minimum atomic E-state index is -0.0205. The van der Waals surface area contributed by atoms with Crippen LogP contribution < -0.4 is 15.4 Å². The van der Waals surface area contributed by atoms with E-state index in [9.17, 15) is 4.79 Å². The first-order valence-electron chi connectivity index (χ1n) is 7.40. The van der Waals surface area contributed by atoms with E-state index in [4.69, 9.17) is 4.74 Å². The van der Waals surface area contributed by atoms with Crippen LogP contribution in [-0.4, -0.2) is 29.0 Å². The van der Waals surface area contributed by atoms with E-state index in [1.165, 1.54) is 23.1 Å². The third kappa shape index (κ3) is 5.18. The van der Waals surface area contributed by atoms with Crippen molar-refractivity contribution in [1.82, 2.24) is 15.5 Å². The molecular formula is C16H16N4O2S3. The molecule has 0 fully saturated rings. The van der Waals surface area contributed by atoms with E-state index >= 15 is 0 Å². The summed E-state index contributed by atoms with van der Waals surface area (Å²) < 4.78 is 6.04. The summed E-state index contributed by atoms with van der Waals surface area (Å²) in [6.45, 7) is 0.563. The summed E-state index contributed by atoms with van der Waals surface area (Å²) in [6.07, 6.45) is 0. The zero-order chi connectivity index (χ0) is 17.5. The molecule has 6 nitrogen and oxygen atoms in total. The molecule has 0 saturated carbocycles. The van der Waals surface area contributed by atoms with Crippen LogP contribution in [0.1, 0.15) is 4.88 Å². The number of anilines is 2. The highest BCUT2D eigenvalue weighted by Gasteiger charge is 2.10. The number of thioether (sulfide) groups is 1. The van der Waals surface area contributed by atoms with E-state index in [1.807, 2.05) is 41.8 Å². The summed E-state index contributed by atoms with van der Waals surface area (Å²) in [4.78, 5) is 13.0. The molecule has 1 aromatic carbocycles. The molecule has 1 amide bonds. The Kier molecular flexibility index (Phi) is 6.26. The van der Waals surface area contributed by atoms with Gasteiger partial charge in [0.1, 0.15) is 5.75 Å². The standard InChI is InChI=1S/C16H16N4O2S3/c1-22-13-7-3-2-6-12(13)18-15-19-20-16(25-15)24-10-14(21)17-9-11-5-4-8-23-11/h2-8H,9-10H2,1H3,(H,17,21)(H,18,19). The second kappa shape index (κ2) is 8.84. The van der Waals surface area contributed by atoms with Gasteiger partial charge < -0.3 is 15.4 Å². The number of nitrogens with zero attached hydrogens (tertiary/aromatic N) is 2. The molecule has 0 saturated heterocycles. The number of aromatic nitrogens is 2. The second-order valence-electron chi connectivity index (χ2n) is 4.84. The van der Waals surface area contributed by atoms with Crippen LogP contribution in [0.15, 0.2) is 46.1 Å². The third-order valence-corrected chi connectivity index (χ3v) is 5.97. The van der Waals surface area contributed by atoms with Crippen LogP contribution in [0.5, 0.6) is 5.75 Å². The molecule has 0 atom stereocenters. The van der Waals surface area contributed by atoms with Crippen LogP contribution in [-0.2, 0) is 11.3 Å². The molecule has 3 aromatic rings. The van der Waals surface area contributed by atoms with Crippen molar-refractivity contribution in [2.24, 2.45) is 0 Å². The van der Waals surface area contributed by atoms with E-state index in [0.717, 1.165) is 20.7 Å². The van der Waals surface area contributed by atoms with Crippen LogP contribution in [0.2, 0.25) is 0 Å². The van der Waals surface area contributed by atoms with Crippen LogP contribution in [0.25, 0.3) is 0 Å². The first kappa shape index (κ1) is 17.7. The van der Waals surface area contributed by atoms with Crippen LogP contribution >= 0.6 is 34.4 Å². The number of thiophene rings is 1. The van der Waals surface area contributed by atoms with Crippen molar-refractivity contribution in [2.45, 2.75) is 10.9 Å². The third-order valence-electron chi connectivity index (χ3n) is 3.12. The predicted octanol–water partition coefficient (Wildman–Crippen LogP) is 3.76. The highest BCUT2D eigenvalue weighted by atomic mass is 32.2. The maximum atomic E-state index is 11.9. The summed E-state index contributed by atoms with van der Waals surface area (Å²) in [5.74, 6) is 1.03. The fourth-order valence-electron chi connectivity index (χ4n) is 1.96. The number of hydrogen-bond donors (Lipinski definition) is 2. The van der Waals surface area contributed by atoms with Crippen molar-refractivity contribution < 1.29 is 9.53 Å². The van der Waals surface area contributed by atoms with E-state index in [1.54, 1.807) is 18.4 Å². The molecule has 0 spiro atoms. The van der Waals surface area contributed by atoms with Gasteiger partial charge >= 0.3 is 0 Å². The molecule has 0 bridgehead atoms. The zero-order valence-electron chi connectivity index (χ0n) is 13.4. The van der Waals surface area contributed by atoms with Gasteiger partial charge in [-0.1, -0.05) is 41.3 Å². The van der Waals surface area contributed by atoms with Gasteiger partial charge in [0.2, 0.25) is 11.0 Å². The Morgan fingerprint density at radius 1 is 1.24 bits per heavy atom. The molecule has 0 radical (unpaired) electrons. The lowest BCUT2D eigenvalue weighted by Gasteiger charge is -2.07. The Balaban J connectivity index is 1.49. The number of ether oxygens (including phenoxy) is 1. The Hall–Kier alpha value is -2.10. The van der Waals surface area contributed by atoms with E-state index in [0.29, 0.717) is 17.4 Å². The molecular weight excluding hydrogens is 376 g/mol. The van der Waals surface area contributed by atoms with Crippen LogP contribution in [0, 0.1) is 0 Å². The van der Waals surface area contributed by atoms with Crippen LogP contribution in [0.3, 0.4) is 0 Å². The maximum Gasteiger partial charge on any atom is 0.230 e. The number of para-hydroxylation sites is 2. The van der Waals surface area contributed by atoms with E-state index in [2.05, 4.69) is 20.8 Å². The van der Waals surface area contributed by atoms with Crippen molar-refractivity contribution in [3.05, 3.63) is 46.7 Å². The van der Waals surface area contributed by atoms with Gasteiger partial charge in [0.05, 0.1) is 25.1 Å². The number of methoxy groups -OCH3 is 1. The Morgan fingerprint density at radius 3 is 2.92 bits per heavy atom. The van der Waals surface area contributed by atoms with Gasteiger partial charge in [-0.3, -0.25) is 4.79 Å². The highest BCUT2D eigenvalue weighted by Crippen LogP contribution is 2.31. The van der Waals surface area contributed by atoms with Crippen LogP contribution in [0.4, 0.5) is 10.8 Å². The topological polar surface area (TPSA) is 76.1 Å². The molecule has 2 N–H and O–H groups in total. The summed E-state index contributed by atoms with van der Waals surface area (Å²) in [5.41, 5.74) is 0.825. The second-order valence-corrected chi connectivity index (χ2v) is 8.08. The van der Waals surface area contributed by atoms with Crippen molar-refractivity contribution in [3.63, 3.8) is 0 Å². The van der Waals surface area contributed by atoms with Gasteiger partial charge in [-0.2, -0.15) is 0 Å². The molecule has 3 rings (SSSR count). The fraction of sp³-hybridized carbons (Fsp3) is 0.188. The van der Waals surface area contributed by atoms with Gasteiger partial charge in [0.15, 0.2) is 4.34 Å². The molecule has 2 heterocycles. The summed E-state index contributed by atoms with van der Waals surface area (Å²) in [5, 5.41) is 16.9. The lowest BCUT2D eigenvalue weighted by Crippen LogP contribution is -2.24. The number of amides is 1. The van der Waals surface area contributed by atoms with Gasteiger partial charge in [0.25, 0.3) is 0 Å². The molecule has 0 aliphatic heterocycles. The first-order chi connectivity index (χ1) is 12.2. The Bertz CT molecular complexity index is 820. The molecule has 25 heavy (non-hydrogen) atoms. The number of carbonyl (C=O) groups is 1. The van der Waals surface area contributed by atoms with Gasteiger partial charge in [-0.15, -0.1) is 21.5 Å². The molecule has 2 aromatic heterocycles. The van der Waals surface area contributed by atoms with Crippen molar-refractivity contribution >= 4 is 51.2 Å². The molecule has 0 aliphatic carbocycles. The minimum Gasteiger partial charge on any atom is -0.495 e. The molecule has 9 heteroatoms. The molecule has 130 valence electrons. The number of hydrogen-bond acceptors (Lipinski definition) is 8. The predicted molar refractivity (Wildman–Crippen MR) is 103 cm³/mol. The zero-order valence-corrected chi connectivity index (χ0v) is 15.8. The Labute approximate surface area is 157 Å². The largest absolute Gasteiger partial charge is 0.495 e. The number of nitrogens with one attached hydrogen (secondary N) is 2. The Morgan fingerprint density at radius 2 is 2.12 bits per heavy atom. The SMILES string of the molecule is COc1ccccc1Nc1nnc(SCC(=O)NCc2cccs2)s1. The number of rotatable bonds is 8.